The maximum Gasteiger partial charge on any atom is 0.234 e. The Morgan fingerprint density at radius 1 is 1.25 bits per heavy atom. The summed E-state index contributed by atoms with van der Waals surface area (Å²) in [5.74, 6) is 0.454. The van der Waals surface area contributed by atoms with Crippen LogP contribution in [0.2, 0.25) is 5.02 Å². The van der Waals surface area contributed by atoms with Crippen molar-refractivity contribution < 1.29 is 9.90 Å². The Hall–Kier alpha value is -1.65. The second-order valence-corrected chi connectivity index (χ2v) is 5.78. The number of hydrogen-bond acceptors (Lipinski definition) is 3. The van der Waals surface area contributed by atoms with Crippen LogP contribution in [0.3, 0.4) is 0 Å². The molecule has 2 rings (SSSR count). The van der Waals surface area contributed by atoms with E-state index in [1.54, 1.807) is 37.3 Å². The van der Waals surface area contributed by atoms with Gasteiger partial charge < -0.3 is 10.4 Å². The number of carbonyl (C=O) groups excluding carboxylic acids is 1. The highest BCUT2D eigenvalue weighted by Crippen LogP contribution is 2.22. The summed E-state index contributed by atoms with van der Waals surface area (Å²) < 4.78 is 0. The van der Waals surface area contributed by atoms with Crippen LogP contribution in [-0.2, 0) is 4.79 Å². The van der Waals surface area contributed by atoms with Crippen LogP contribution in [0.5, 0.6) is 5.75 Å². The molecule has 0 spiro atoms. The van der Waals surface area contributed by atoms with Crippen LogP contribution >= 0.6 is 23.4 Å². The Labute approximate surface area is 127 Å². The van der Waals surface area contributed by atoms with Gasteiger partial charge in [-0.15, -0.1) is 11.8 Å². The first kappa shape index (κ1) is 14.8. The van der Waals surface area contributed by atoms with Gasteiger partial charge in [-0.2, -0.15) is 0 Å². The number of phenols is 1. The minimum atomic E-state index is -0.0879. The first-order chi connectivity index (χ1) is 9.54. The molecule has 2 N–H and O–H groups in total. The van der Waals surface area contributed by atoms with Crippen molar-refractivity contribution >= 4 is 35.0 Å². The number of rotatable bonds is 4. The first-order valence-electron chi connectivity index (χ1n) is 6.02. The van der Waals surface area contributed by atoms with E-state index in [1.165, 1.54) is 11.8 Å². The smallest absolute Gasteiger partial charge is 0.234 e. The van der Waals surface area contributed by atoms with Crippen molar-refractivity contribution in [3.63, 3.8) is 0 Å². The molecule has 0 aliphatic rings. The van der Waals surface area contributed by atoms with E-state index >= 15 is 0 Å². The maximum atomic E-state index is 11.8. The van der Waals surface area contributed by atoms with Gasteiger partial charge in [-0.25, -0.2) is 0 Å². The van der Waals surface area contributed by atoms with Gasteiger partial charge in [0.25, 0.3) is 0 Å². The van der Waals surface area contributed by atoms with Gasteiger partial charge in [0, 0.05) is 15.6 Å². The zero-order chi connectivity index (χ0) is 14.5. The molecule has 0 heterocycles. The number of nitrogens with one attached hydrogen (secondary N) is 1. The fourth-order valence-electron chi connectivity index (χ4n) is 1.61. The van der Waals surface area contributed by atoms with Crippen LogP contribution < -0.4 is 5.32 Å². The van der Waals surface area contributed by atoms with Crippen molar-refractivity contribution in [3.8, 4) is 5.75 Å². The molecule has 0 radical (unpaired) electrons. The molecule has 104 valence electrons. The zero-order valence-corrected chi connectivity index (χ0v) is 12.5. The fraction of sp³-hybridized carbons (Fsp3) is 0.133. The highest BCUT2D eigenvalue weighted by atomic mass is 35.5. The van der Waals surface area contributed by atoms with Crippen LogP contribution in [0, 0.1) is 6.92 Å². The van der Waals surface area contributed by atoms with Crippen molar-refractivity contribution in [1.29, 1.82) is 0 Å². The summed E-state index contributed by atoms with van der Waals surface area (Å²) >= 11 is 7.24. The third-order valence-corrected chi connectivity index (χ3v) is 3.93. The molecule has 0 saturated heterocycles. The maximum absolute atomic E-state index is 11.8. The third kappa shape index (κ3) is 4.18. The van der Waals surface area contributed by atoms with Gasteiger partial charge in [0.2, 0.25) is 5.91 Å². The Bertz CT molecular complexity index is 614. The second kappa shape index (κ2) is 6.68. The molecule has 3 nitrogen and oxygen atoms in total. The number of halogens is 1. The molecular formula is C15H14ClNO2S. The van der Waals surface area contributed by atoms with Crippen LogP contribution in [0.1, 0.15) is 5.56 Å². The van der Waals surface area contributed by atoms with Crippen molar-refractivity contribution in [2.75, 3.05) is 11.1 Å². The highest BCUT2D eigenvalue weighted by Gasteiger charge is 2.05. The van der Waals surface area contributed by atoms with Gasteiger partial charge >= 0.3 is 0 Å². The topological polar surface area (TPSA) is 49.3 Å². The Morgan fingerprint density at radius 2 is 1.95 bits per heavy atom. The molecule has 0 unspecified atom stereocenters. The number of phenolic OH excluding ortho intramolecular Hbond substituents is 1. The lowest BCUT2D eigenvalue weighted by molar-refractivity contribution is -0.113. The number of aryl methyl sites for hydroxylation is 1. The molecule has 2 aromatic carbocycles. The predicted molar refractivity (Wildman–Crippen MR) is 83.6 cm³/mol. The van der Waals surface area contributed by atoms with Crippen molar-refractivity contribution in [3.05, 3.63) is 53.1 Å². The van der Waals surface area contributed by atoms with Crippen LogP contribution in [0.15, 0.2) is 47.4 Å². The molecule has 1 amide bonds. The number of thioether (sulfide) groups is 1. The number of anilines is 1. The minimum Gasteiger partial charge on any atom is -0.508 e. The Balaban J connectivity index is 1.89. The lowest BCUT2D eigenvalue weighted by atomic mass is 10.2. The first-order valence-corrected chi connectivity index (χ1v) is 7.39. The lowest BCUT2D eigenvalue weighted by Crippen LogP contribution is -2.13. The largest absolute Gasteiger partial charge is 0.508 e. The molecule has 0 aliphatic heterocycles. The van der Waals surface area contributed by atoms with Crippen molar-refractivity contribution in [1.82, 2.24) is 0 Å². The molecule has 0 aromatic heterocycles. The van der Waals surface area contributed by atoms with E-state index < -0.39 is 0 Å². The Kier molecular flexibility index (Phi) is 4.93. The number of benzene rings is 2. The minimum absolute atomic E-state index is 0.0879. The molecule has 20 heavy (non-hydrogen) atoms. The average molecular weight is 308 g/mol. The second-order valence-electron chi connectivity index (χ2n) is 4.29. The SMILES string of the molecule is Cc1cc(NC(=O)CSc2ccc(Cl)cc2)ccc1O. The van der Waals surface area contributed by atoms with Crippen LogP contribution in [0.25, 0.3) is 0 Å². The van der Waals surface area contributed by atoms with Crippen LogP contribution in [0.4, 0.5) is 5.69 Å². The van der Waals surface area contributed by atoms with E-state index in [4.69, 9.17) is 11.6 Å². The lowest BCUT2D eigenvalue weighted by Gasteiger charge is -2.07. The summed E-state index contributed by atoms with van der Waals surface area (Å²) in [6, 6.07) is 12.3. The number of carbonyl (C=O) groups is 1. The van der Waals surface area contributed by atoms with E-state index in [0.717, 1.165) is 10.5 Å². The summed E-state index contributed by atoms with van der Waals surface area (Å²) in [4.78, 5) is 12.8. The third-order valence-electron chi connectivity index (χ3n) is 2.66. The van der Waals surface area contributed by atoms with Gasteiger partial charge in [0.15, 0.2) is 0 Å². The molecule has 0 atom stereocenters. The molecule has 2 aromatic rings. The fourth-order valence-corrected chi connectivity index (χ4v) is 2.43. The van der Waals surface area contributed by atoms with Gasteiger partial charge in [-0.1, -0.05) is 11.6 Å². The summed E-state index contributed by atoms with van der Waals surface area (Å²) in [5, 5.41) is 12.9. The predicted octanol–water partition coefficient (Wildman–Crippen LogP) is 4.08. The van der Waals surface area contributed by atoms with Crippen molar-refractivity contribution in [2.24, 2.45) is 0 Å². The number of hydrogen-bond donors (Lipinski definition) is 2. The Morgan fingerprint density at radius 3 is 2.60 bits per heavy atom. The van der Waals surface area contributed by atoms with Crippen LogP contribution in [-0.4, -0.2) is 16.8 Å². The molecule has 0 fully saturated rings. The summed E-state index contributed by atoms with van der Waals surface area (Å²) in [6.07, 6.45) is 0. The molecular weight excluding hydrogens is 294 g/mol. The quantitative estimate of drug-likeness (QED) is 0.661. The van der Waals surface area contributed by atoms with Gasteiger partial charge in [-0.05, 0) is 55.0 Å². The molecule has 0 bridgehead atoms. The van der Waals surface area contributed by atoms with Gasteiger partial charge in [0.1, 0.15) is 5.75 Å². The zero-order valence-electron chi connectivity index (χ0n) is 10.9. The monoisotopic (exact) mass is 307 g/mol. The van der Waals surface area contributed by atoms with E-state index in [0.29, 0.717) is 16.5 Å². The highest BCUT2D eigenvalue weighted by molar-refractivity contribution is 8.00. The van der Waals surface area contributed by atoms with E-state index in [1.807, 2.05) is 12.1 Å². The summed E-state index contributed by atoms with van der Waals surface area (Å²) in [6.45, 7) is 1.79. The summed E-state index contributed by atoms with van der Waals surface area (Å²) in [7, 11) is 0. The normalized spacial score (nSPS) is 10.3. The molecule has 0 saturated carbocycles. The van der Waals surface area contributed by atoms with Gasteiger partial charge in [-0.3, -0.25) is 4.79 Å². The average Bonchev–Trinajstić information content (AvgIpc) is 2.42. The van der Waals surface area contributed by atoms with E-state index in [2.05, 4.69) is 5.32 Å². The summed E-state index contributed by atoms with van der Waals surface area (Å²) in [5.41, 5.74) is 1.41. The molecule has 5 heteroatoms. The standard InChI is InChI=1S/C15H14ClNO2S/c1-10-8-12(4-7-14(10)18)17-15(19)9-20-13-5-2-11(16)3-6-13/h2-8,18H,9H2,1H3,(H,17,19). The van der Waals surface area contributed by atoms with Gasteiger partial charge in [0.05, 0.1) is 5.75 Å². The van der Waals surface area contributed by atoms with E-state index in [9.17, 15) is 9.90 Å². The number of amides is 1. The van der Waals surface area contributed by atoms with Crippen molar-refractivity contribution in [2.45, 2.75) is 11.8 Å². The number of aromatic hydroxyl groups is 1. The molecule has 0 aliphatic carbocycles. The van der Waals surface area contributed by atoms with E-state index in [-0.39, 0.29) is 11.7 Å².